The van der Waals surface area contributed by atoms with Crippen molar-refractivity contribution >= 4 is 21.8 Å². The molecule has 2 aromatic heterocycles. The van der Waals surface area contributed by atoms with Crippen LogP contribution in [0.5, 0.6) is 11.5 Å². The largest absolute Gasteiger partial charge is 0.507 e. The van der Waals surface area contributed by atoms with E-state index < -0.39 is 0 Å². The zero-order chi connectivity index (χ0) is 21.4. The van der Waals surface area contributed by atoms with E-state index in [9.17, 15) is 10.2 Å². The number of likely N-dealkylation sites (N-methyl/N-ethyl adjacent to an activating group) is 2. The Bertz CT molecular complexity index is 1190. The Kier molecular flexibility index (Phi) is 5.45. The molecule has 2 aromatic carbocycles. The SMILES string of the molecule is CN(C)CCc1c(-c2ccc(O)c3c(CCN(C)C)c[nH]c23)[nH]c2cccc(O)c12. The topological polar surface area (TPSA) is 78.5 Å². The molecule has 6 nitrogen and oxygen atoms in total. The molecule has 0 amide bonds. The summed E-state index contributed by atoms with van der Waals surface area (Å²) in [4.78, 5) is 11.2. The highest BCUT2D eigenvalue weighted by Gasteiger charge is 2.20. The number of nitrogens with zero attached hydrogens (tertiary/aromatic N) is 2. The van der Waals surface area contributed by atoms with Gasteiger partial charge < -0.3 is 30.0 Å². The summed E-state index contributed by atoms with van der Waals surface area (Å²) in [6.45, 7) is 1.78. The second kappa shape index (κ2) is 8.05. The molecule has 2 heterocycles. The molecule has 0 saturated carbocycles. The van der Waals surface area contributed by atoms with Gasteiger partial charge in [-0.3, -0.25) is 0 Å². The smallest absolute Gasteiger partial charge is 0.125 e. The first kappa shape index (κ1) is 20.3. The highest BCUT2D eigenvalue weighted by molar-refractivity contribution is 6.03. The van der Waals surface area contributed by atoms with Gasteiger partial charge in [-0.05, 0) is 76.4 Å². The summed E-state index contributed by atoms with van der Waals surface area (Å²) in [5.41, 5.74) is 6.02. The lowest BCUT2D eigenvalue weighted by atomic mass is 9.98. The van der Waals surface area contributed by atoms with Crippen molar-refractivity contribution in [1.29, 1.82) is 0 Å². The summed E-state index contributed by atoms with van der Waals surface area (Å²) < 4.78 is 0. The van der Waals surface area contributed by atoms with Gasteiger partial charge in [0, 0.05) is 41.1 Å². The monoisotopic (exact) mass is 406 g/mol. The van der Waals surface area contributed by atoms with Crippen LogP contribution in [0.15, 0.2) is 36.5 Å². The number of aromatic hydroxyl groups is 2. The van der Waals surface area contributed by atoms with Crippen molar-refractivity contribution in [2.45, 2.75) is 12.8 Å². The van der Waals surface area contributed by atoms with Gasteiger partial charge in [-0.25, -0.2) is 0 Å². The predicted molar refractivity (Wildman–Crippen MR) is 123 cm³/mol. The summed E-state index contributed by atoms with van der Waals surface area (Å²) >= 11 is 0. The third-order valence-electron chi connectivity index (χ3n) is 5.71. The van der Waals surface area contributed by atoms with Crippen LogP contribution < -0.4 is 0 Å². The number of phenols is 2. The number of fused-ring (bicyclic) bond motifs is 2. The molecule has 0 bridgehead atoms. The number of hydrogen-bond donors (Lipinski definition) is 4. The second-order valence-corrected chi connectivity index (χ2v) is 8.48. The van der Waals surface area contributed by atoms with E-state index in [1.54, 1.807) is 12.1 Å². The Balaban J connectivity index is 1.91. The standard InChI is InChI=1S/C24H30N4O2/c1-27(2)12-10-15-14-25-24-17(8-9-20(30)21(15)24)23-16(11-13-28(3)4)22-18(26-23)6-5-7-19(22)29/h5-9,14,25-26,29-30H,10-13H2,1-4H3. The van der Waals surface area contributed by atoms with E-state index >= 15 is 0 Å². The van der Waals surface area contributed by atoms with Crippen molar-refractivity contribution in [2.75, 3.05) is 41.3 Å². The van der Waals surface area contributed by atoms with Crippen molar-refractivity contribution in [3.05, 3.63) is 47.7 Å². The van der Waals surface area contributed by atoms with Crippen LogP contribution >= 0.6 is 0 Å². The maximum absolute atomic E-state index is 10.6. The number of nitrogens with one attached hydrogen (secondary N) is 2. The van der Waals surface area contributed by atoms with Crippen LogP contribution in [-0.4, -0.2) is 71.3 Å². The maximum atomic E-state index is 10.6. The molecule has 4 N–H and O–H groups in total. The van der Waals surface area contributed by atoms with E-state index in [0.717, 1.165) is 70.1 Å². The summed E-state index contributed by atoms with van der Waals surface area (Å²) in [5, 5.41) is 22.9. The van der Waals surface area contributed by atoms with Gasteiger partial charge in [0.15, 0.2) is 0 Å². The van der Waals surface area contributed by atoms with Crippen LogP contribution in [0.3, 0.4) is 0 Å². The summed E-state index contributed by atoms with van der Waals surface area (Å²) in [7, 11) is 8.20. The summed E-state index contributed by atoms with van der Waals surface area (Å²) in [6, 6.07) is 9.30. The average molecular weight is 407 g/mol. The van der Waals surface area contributed by atoms with Crippen molar-refractivity contribution in [3.63, 3.8) is 0 Å². The molecule has 0 fully saturated rings. The lowest BCUT2D eigenvalue weighted by Gasteiger charge is -2.12. The van der Waals surface area contributed by atoms with Crippen LogP contribution in [0.25, 0.3) is 33.1 Å². The van der Waals surface area contributed by atoms with Crippen LogP contribution in [0.2, 0.25) is 0 Å². The number of aromatic nitrogens is 2. The summed E-state index contributed by atoms with van der Waals surface area (Å²) in [6.07, 6.45) is 3.65. The minimum atomic E-state index is 0.289. The summed E-state index contributed by atoms with van der Waals surface area (Å²) in [5.74, 6) is 0.578. The fourth-order valence-corrected chi connectivity index (χ4v) is 4.16. The van der Waals surface area contributed by atoms with Crippen molar-refractivity contribution < 1.29 is 10.2 Å². The van der Waals surface area contributed by atoms with E-state index in [2.05, 4.69) is 33.9 Å². The lowest BCUT2D eigenvalue weighted by Crippen LogP contribution is -2.15. The van der Waals surface area contributed by atoms with E-state index in [1.807, 2.05) is 38.5 Å². The van der Waals surface area contributed by atoms with E-state index in [0.29, 0.717) is 0 Å². The van der Waals surface area contributed by atoms with Crippen LogP contribution in [0.4, 0.5) is 0 Å². The van der Waals surface area contributed by atoms with Crippen LogP contribution in [0.1, 0.15) is 11.1 Å². The molecule has 158 valence electrons. The molecule has 30 heavy (non-hydrogen) atoms. The Morgan fingerprint density at radius 2 is 1.53 bits per heavy atom. The first-order valence-electron chi connectivity index (χ1n) is 10.3. The Morgan fingerprint density at radius 3 is 2.27 bits per heavy atom. The van der Waals surface area contributed by atoms with Gasteiger partial charge in [0.1, 0.15) is 11.5 Å². The van der Waals surface area contributed by atoms with Crippen LogP contribution in [0, 0.1) is 0 Å². The fourth-order valence-electron chi connectivity index (χ4n) is 4.16. The molecule has 0 atom stereocenters. The molecule has 0 radical (unpaired) electrons. The highest BCUT2D eigenvalue weighted by atomic mass is 16.3. The molecule has 0 aliphatic carbocycles. The van der Waals surface area contributed by atoms with Crippen molar-refractivity contribution in [1.82, 2.24) is 19.8 Å². The van der Waals surface area contributed by atoms with E-state index in [-0.39, 0.29) is 11.5 Å². The van der Waals surface area contributed by atoms with E-state index in [4.69, 9.17) is 0 Å². The highest BCUT2D eigenvalue weighted by Crippen LogP contribution is 2.40. The molecular weight excluding hydrogens is 376 g/mol. The molecule has 0 aliphatic heterocycles. The molecule has 0 spiro atoms. The Hall–Kier alpha value is -2.96. The number of rotatable bonds is 7. The Morgan fingerprint density at radius 1 is 0.833 bits per heavy atom. The Labute approximate surface area is 176 Å². The third kappa shape index (κ3) is 3.64. The zero-order valence-electron chi connectivity index (χ0n) is 18.1. The molecule has 4 aromatic rings. The second-order valence-electron chi connectivity index (χ2n) is 8.48. The normalized spacial score (nSPS) is 12.1. The van der Waals surface area contributed by atoms with Gasteiger partial charge in [0.2, 0.25) is 0 Å². The number of H-pyrrole nitrogens is 2. The molecule has 6 heteroatoms. The van der Waals surface area contributed by atoms with Gasteiger partial charge in [0.25, 0.3) is 0 Å². The number of aromatic amines is 2. The fraction of sp³-hybridized carbons (Fsp3) is 0.333. The number of benzene rings is 2. The van der Waals surface area contributed by atoms with Gasteiger partial charge >= 0.3 is 0 Å². The molecule has 0 unspecified atom stereocenters. The lowest BCUT2D eigenvalue weighted by molar-refractivity contribution is 0.414. The molecule has 0 aliphatic rings. The predicted octanol–water partition coefficient (Wildman–Crippen LogP) is 3.94. The van der Waals surface area contributed by atoms with Gasteiger partial charge in [0.05, 0.1) is 11.2 Å². The average Bonchev–Trinajstić information content (AvgIpc) is 3.28. The third-order valence-corrected chi connectivity index (χ3v) is 5.71. The van der Waals surface area contributed by atoms with Crippen molar-refractivity contribution in [3.8, 4) is 22.8 Å². The minimum absolute atomic E-state index is 0.289. The van der Waals surface area contributed by atoms with Crippen LogP contribution in [-0.2, 0) is 12.8 Å². The molecule has 0 saturated heterocycles. The van der Waals surface area contributed by atoms with Gasteiger partial charge in [-0.1, -0.05) is 6.07 Å². The first-order valence-corrected chi connectivity index (χ1v) is 10.3. The van der Waals surface area contributed by atoms with Crippen molar-refractivity contribution in [2.24, 2.45) is 0 Å². The number of hydrogen-bond acceptors (Lipinski definition) is 4. The van der Waals surface area contributed by atoms with E-state index in [1.165, 1.54) is 0 Å². The number of phenolic OH excluding ortho intramolecular Hbond substituents is 2. The minimum Gasteiger partial charge on any atom is -0.507 e. The van der Waals surface area contributed by atoms with Gasteiger partial charge in [-0.2, -0.15) is 0 Å². The first-order chi connectivity index (χ1) is 14.4. The maximum Gasteiger partial charge on any atom is 0.125 e. The molecule has 4 rings (SSSR count). The quantitative estimate of drug-likeness (QED) is 0.375. The van der Waals surface area contributed by atoms with Gasteiger partial charge in [-0.15, -0.1) is 0 Å². The molecular formula is C24H30N4O2. The zero-order valence-corrected chi connectivity index (χ0v) is 18.1.